The number of hydrogen-bond acceptors (Lipinski definition) is 1. The first-order valence-corrected chi connectivity index (χ1v) is 3.87. The van der Waals surface area contributed by atoms with Gasteiger partial charge in [-0.2, -0.15) is 0 Å². The Bertz CT molecular complexity index is 138. The second-order valence-corrected chi connectivity index (χ2v) is 3.54. The second kappa shape index (κ2) is 2.60. The molecular formula is C8H15NO. The van der Waals surface area contributed by atoms with Gasteiger partial charge in [0.05, 0.1) is 0 Å². The Morgan fingerprint density at radius 3 is 2.60 bits per heavy atom. The maximum absolute atomic E-state index is 10.4. The Hall–Kier alpha value is -0.530. The normalized spacial score (nSPS) is 20.2. The van der Waals surface area contributed by atoms with Crippen LogP contribution in [-0.4, -0.2) is 12.5 Å². The van der Waals surface area contributed by atoms with Crippen molar-refractivity contribution in [2.45, 2.75) is 33.1 Å². The van der Waals surface area contributed by atoms with Crippen LogP contribution in [0.15, 0.2) is 0 Å². The average Bonchev–Trinajstić information content (AvgIpc) is 2.47. The fourth-order valence-corrected chi connectivity index (χ4v) is 1.00. The Labute approximate surface area is 62.0 Å². The van der Waals surface area contributed by atoms with E-state index in [2.05, 4.69) is 12.2 Å². The third-order valence-corrected chi connectivity index (χ3v) is 2.21. The highest BCUT2D eigenvalue weighted by Gasteiger charge is 2.36. The van der Waals surface area contributed by atoms with Gasteiger partial charge in [-0.1, -0.05) is 6.92 Å². The highest BCUT2D eigenvalue weighted by atomic mass is 16.1. The van der Waals surface area contributed by atoms with Crippen molar-refractivity contribution >= 4 is 5.91 Å². The maximum Gasteiger partial charge on any atom is 0.216 e. The van der Waals surface area contributed by atoms with Gasteiger partial charge in [-0.15, -0.1) is 0 Å². The minimum Gasteiger partial charge on any atom is -0.356 e. The predicted octanol–water partition coefficient (Wildman–Crippen LogP) is 1.31. The molecule has 0 radical (unpaired) electrons. The van der Waals surface area contributed by atoms with Crippen molar-refractivity contribution in [1.29, 1.82) is 0 Å². The molecule has 0 unspecified atom stereocenters. The lowest BCUT2D eigenvalue weighted by Gasteiger charge is -2.06. The van der Waals surface area contributed by atoms with Crippen molar-refractivity contribution in [2.75, 3.05) is 6.54 Å². The van der Waals surface area contributed by atoms with Crippen molar-refractivity contribution in [1.82, 2.24) is 5.32 Å². The Balaban J connectivity index is 2.00. The van der Waals surface area contributed by atoms with E-state index in [1.165, 1.54) is 12.8 Å². The number of carbonyl (C=O) groups excluding carboxylic acids is 1. The molecule has 1 aliphatic rings. The van der Waals surface area contributed by atoms with Gasteiger partial charge in [0.15, 0.2) is 0 Å². The van der Waals surface area contributed by atoms with E-state index in [-0.39, 0.29) is 5.91 Å². The first kappa shape index (κ1) is 7.58. The van der Waals surface area contributed by atoms with Gasteiger partial charge in [0.25, 0.3) is 0 Å². The van der Waals surface area contributed by atoms with E-state index >= 15 is 0 Å². The number of amides is 1. The Morgan fingerprint density at radius 2 is 2.20 bits per heavy atom. The summed E-state index contributed by atoms with van der Waals surface area (Å²) in [4.78, 5) is 10.4. The Kier molecular flexibility index (Phi) is 1.97. The summed E-state index contributed by atoms with van der Waals surface area (Å²) in [5, 5.41) is 2.80. The molecule has 1 fully saturated rings. The highest BCUT2D eigenvalue weighted by molar-refractivity contribution is 5.72. The third kappa shape index (κ3) is 2.38. The van der Waals surface area contributed by atoms with Gasteiger partial charge in [0.2, 0.25) is 5.91 Å². The minimum absolute atomic E-state index is 0.0873. The topological polar surface area (TPSA) is 29.1 Å². The minimum atomic E-state index is 0.0873. The molecular weight excluding hydrogens is 126 g/mol. The molecule has 1 N–H and O–H groups in total. The van der Waals surface area contributed by atoms with Crippen LogP contribution in [0.25, 0.3) is 0 Å². The first-order valence-electron chi connectivity index (χ1n) is 3.87. The molecule has 2 heteroatoms. The van der Waals surface area contributed by atoms with E-state index in [1.54, 1.807) is 6.92 Å². The SMILES string of the molecule is CC(=O)NCCC1(C)CC1. The predicted molar refractivity (Wildman–Crippen MR) is 40.6 cm³/mol. The van der Waals surface area contributed by atoms with E-state index in [1.807, 2.05) is 0 Å². The molecule has 10 heavy (non-hydrogen) atoms. The summed E-state index contributed by atoms with van der Waals surface area (Å²) in [6.45, 7) is 4.69. The maximum atomic E-state index is 10.4. The number of carbonyl (C=O) groups is 1. The summed E-state index contributed by atoms with van der Waals surface area (Å²) >= 11 is 0. The molecule has 1 rings (SSSR count). The van der Waals surface area contributed by atoms with E-state index in [0.29, 0.717) is 5.41 Å². The molecule has 0 atom stereocenters. The molecule has 0 aromatic rings. The van der Waals surface area contributed by atoms with Crippen LogP contribution in [0.4, 0.5) is 0 Å². The van der Waals surface area contributed by atoms with Crippen LogP contribution in [0.3, 0.4) is 0 Å². The van der Waals surface area contributed by atoms with Crippen molar-refractivity contribution < 1.29 is 4.79 Å². The summed E-state index contributed by atoms with van der Waals surface area (Å²) in [6.07, 6.45) is 3.83. The van der Waals surface area contributed by atoms with Gasteiger partial charge in [-0.25, -0.2) is 0 Å². The summed E-state index contributed by atoms with van der Waals surface area (Å²) in [5.74, 6) is 0.0873. The molecule has 1 saturated carbocycles. The van der Waals surface area contributed by atoms with Crippen LogP contribution in [0.2, 0.25) is 0 Å². The van der Waals surface area contributed by atoms with Gasteiger partial charge < -0.3 is 5.32 Å². The molecule has 58 valence electrons. The summed E-state index contributed by atoms with van der Waals surface area (Å²) in [7, 11) is 0. The monoisotopic (exact) mass is 141 g/mol. The van der Waals surface area contributed by atoms with Crippen molar-refractivity contribution in [3.63, 3.8) is 0 Å². The molecule has 0 spiro atoms. The molecule has 0 aliphatic heterocycles. The molecule has 1 aliphatic carbocycles. The molecule has 1 amide bonds. The van der Waals surface area contributed by atoms with Gasteiger partial charge in [-0.05, 0) is 24.7 Å². The number of rotatable bonds is 3. The fraction of sp³-hybridized carbons (Fsp3) is 0.875. The average molecular weight is 141 g/mol. The second-order valence-electron chi connectivity index (χ2n) is 3.54. The lowest BCUT2D eigenvalue weighted by molar-refractivity contribution is -0.119. The molecule has 0 saturated heterocycles. The lowest BCUT2D eigenvalue weighted by atomic mass is 10.1. The van der Waals surface area contributed by atoms with Crippen LogP contribution in [0.5, 0.6) is 0 Å². The summed E-state index contributed by atoms with van der Waals surface area (Å²) in [5.41, 5.74) is 0.572. The van der Waals surface area contributed by atoms with Gasteiger partial charge in [-0.3, -0.25) is 4.79 Å². The standard InChI is InChI=1S/C8H15NO/c1-7(10)9-6-5-8(2)3-4-8/h3-6H2,1-2H3,(H,9,10). The number of nitrogens with one attached hydrogen (secondary N) is 1. The van der Waals surface area contributed by atoms with Crippen LogP contribution in [-0.2, 0) is 4.79 Å². The summed E-state index contributed by atoms with van der Waals surface area (Å²) in [6, 6.07) is 0. The van der Waals surface area contributed by atoms with Gasteiger partial charge >= 0.3 is 0 Å². The third-order valence-electron chi connectivity index (χ3n) is 2.21. The van der Waals surface area contributed by atoms with E-state index < -0.39 is 0 Å². The smallest absolute Gasteiger partial charge is 0.216 e. The quantitative estimate of drug-likeness (QED) is 0.631. The van der Waals surface area contributed by atoms with Gasteiger partial charge in [0, 0.05) is 13.5 Å². The highest BCUT2D eigenvalue weighted by Crippen LogP contribution is 2.47. The van der Waals surface area contributed by atoms with Crippen molar-refractivity contribution in [3.8, 4) is 0 Å². The van der Waals surface area contributed by atoms with Crippen LogP contribution in [0.1, 0.15) is 33.1 Å². The zero-order chi connectivity index (χ0) is 7.61. The van der Waals surface area contributed by atoms with E-state index in [4.69, 9.17) is 0 Å². The molecule has 0 bridgehead atoms. The Morgan fingerprint density at radius 1 is 1.60 bits per heavy atom. The van der Waals surface area contributed by atoms with Crippen molar-refractivity contribution in [2.24, 2.45) is 5.41 Å². The summed E-state index contributed by atoms with van der Waals surface area (Å²) < 4.78 is 0. The van der Waals surface area contributed by atoms with Crippen molar-refractivity contribution in [3.05, 3.63) is 0 Å². The molecule has 0 aromatic carbocycles. The first-order chi connectivity index (χ1) is 4.62. The molecule has 0 aromatic heterocycles. The zero-order valence-electron chi connectivity index (χ0n) is 6.74. The molecule has 2 nitrogen and oxygen atoms in total. The van der Waals surface area contributed by atoms with E-state index in [9.17, 15) is 4.79 Å². The largest absolute Gasteiger partial charge is 0.356 e. The van der Waals surface area contributed by atoms with Crippen LogP contribution >= 0.6 is 0 Å². The number of hydrogen-bond donors (Lipinski definition) is 1. The van der Waals surface area contributed by atoms with Crippen LogP contribution < -0.4 is 5.32 Å². The molecule has 0 heterocycles. The van der Waals surface area contributed by atoms with Gasteiger partial charge in [0.1, 0.15) is 0 Å². The lowest BCUT2D eigenvalue weighted by Crippen LogP contribution is -2.22. The fourth-order valence-electron chi connectivity index (χ4n) is 1.00. The van der Waals surface area contributed by atoms with Crippen LogP contribution in [0, 0.1) is 5.41 Å². The zero-order valence-corrected chi connectivity index (χ0v) is 6.74. The van der Waals surface area contributed by atoms with E-state index in [0.717, 1.165) is 13.0 Å².